The Labute approximate surface area is 168 Å². The molecule has 0 radical (unpaired) electrons. The summed E-state index contributed by atoms with van der Waals surface area (Å²) in [5, 5.41) is 6.53. The van der Waals surface area contributed by atoms with Crippen LogP contribution in [0.4, 0.5) is 17.5 Å². The molecule has 10 heteroatoms. The zero-order chi connectivity index (χ0) is 20.0. The Kier molecular flexibility index (Phi) is 6.40. The fraction of sp³-hybridized carbons (Fsp3) is 0.167. The fourth-order valence-corrected chi connectivity index (χ4v) is 3.95. The quantitative estimate of drug-likeness (QED) is 0.482. The molecule has 3 aromatic rings. The highest BCUT2D eigenvalue weighted by atomic mass is 35.5. The van der Waals surface area contributed by atoms with Crippen molar-refractivity contribution in [3.63, 3.8) is 0 Å². The smallest absolute Gasteiger partial charge is 0.240 e. The highest BCUT2D eigenvalue weighted by molar-refractivity contribution is 7.89. The highest BCUT2D eigenvalue weighted by Crippen LogP contribution is 2.22. The molecule has 0 saturated heterocycles. The number of sulfonamides is 1. The van der Waals surface area contributed by atoms with Crippen LogP contribution in [0.2, 0.25) is 5.02 Å². The number of rotatable bonds is 8. The molecule has 2 aromatic heterocycles. The van der Waals surface area contributed by atoms with Gasteiger partial charge in [0.1, 0.15) is 23.8 Å². The maximum atomic E-state index is 12.4. The van der Waals surface area contributed by atoms with E-state index in [0.29, 0.717) is 34.6 Å². The van der Waals surface area contributed by atoms with Crippen molar-refractivity contribution in [2.45, 2.75) is 11.8 Å². The second-order valence-electron chi connectivity index (χ2n) is 5.82. The Morgan fingerprint density at radius 3 is 2.57 bits per heavy atom. The summed E-state index contributed by atoms with van der Waals surface area (Å²) in [5.74, 6) is 1.80. The second kappa shape index (κ2) is 8.96. The summed E-state index contributed by atoms with van der Waals surface area (Å²) in [6.45, 7) is 2.20. The molecule has 146 valence electrons. The standard InChI is InChI=1S/C18H19ClN6O2S/c1-13-14(19)5-4-6-15(13)28(26,27)24-10-9-21-17-11-18(23-12-22-17)25-16-7-2-3-8-20-16/h2-8,11-12,24H,9-10H2,1H3,(H2,20,21,22,23,25). The Bertz CT molecular complexity index is 1050. The molecule has 0 spiro atoms. The molecular weight excluding hydrogens is 400 g/mol. The van der Waals surface area contributed by atoms with Gasteiger partial charge in [0.25, 0.3) is 0 Å². The van der Waals surface area contributed by atoms with E-state index in [1.54, 1.807) is 31.3 Å². The first-order chi connectivity index (χ1) is 13.5. The van der Waals surface area contributed by atoms with Crippen LogP contribution in [-0.2, 0) is 10.0 Å². The van der Waals surface area contributed by atoms with Gasteiger partial charge in [-0.25, -0.2) is 28.1 Å². The molecule has 28 heavy (non-hydrogen) atoms. The molecule has 0 aliphatic heterocycles. The maximum absolute atomic E-state index is 12.4. The number of aromatic nitrogens is 3. The summed E-state index contributed by atoms with van der Waals surface area (Å²) in [4.78, 5) is 12.6. The molecule has 0 amide bonds. The van der Waals surface area contributed by atoms with E-state index in [-0.39, 0.29) is 11.4 Å². The SMILES string of the molecule is Cc1c(Cl)cccc1S(=O)(=O)NCCNc1cc(Nc2ccccn2)ncn1. The van der Waals surface area contributed by atoms with E-state index in [9.17, 15) is 8.42 Å². The van der Waals surface area contributed by atoms with Gasteiger partial charge in [0.2, 0.25) is 10.0 Å². The lowest BCUT2D eigenvalue weighted by atomic mass is 10.2. The molecule has 0 saturated carbocycles. The van der Waals surface area contributed by atoms with E-state index in [1.807, 2.05) is 18.2 Å². The van der Waals surface area contributed by atoms with Crippen LogP contribution in [0.3, 0.4) is 0 Å². The Morgan fingerprint density at radius 1 is 0.964 bits per heavy atom. The average molecular weight is 419 g/mol. The second-order valence-corrected chi connectivity index (χ2v) is 7.96. The number of hydrogen-bond donors (Lipinski definition) is 3. The molecule has 1 aromatic carbocycles. The third kappa shape index (κ3) is 5.16. The van der Waals surface area contributed by atoms with Crippen LogP contribution in [0.1, 0.15) is 5.56 Å². The van der Waals surface area contributed by atoms with E-state index in [2.05, 4.69) is 30.3 Å². The summed E-state index contributed by atoms with van der Waals surface area (Å²) in [6.07, 6.45) is 3.09. The zero-order valence-electron chi connectivity index (χ0n) is 15.1. The summed E-state index contributed by atoms with van der Waals surface area (Å²) in [6, 6.07) is 12.0. The highest BCUT2D eigenvalue weighted by Gasteiger charge is 2.17. The van der Waals surface area contributed by atoms with Gasteiger partial charge in [0.05, 0.1) is 4.90 Å². The molecule has 0 aliphatic carbocycles. The molecule has 2 heterocycles. The van der Waals surface area contributed by atoms with Gasteiger partial charge in [-0.1, -0.05) is 23.7 Å². The van der Waals surface area contributed by atoms with Gasteiger partial charge in [-0.2, -0.15) is 0 Å². The average Bonchev–Trinajstić information content (AvgIpc) is 2.68. The van der Waals surface area contributed by atoms with Crippen molar-refractivity contribution in [3.05, 3.63) is 65.6 Å². The molecule has 0 bridgehead atoms. The van der Waals surface area contributed by atoms with Crippen LogP contribution in [0, 0.1) is 6.92 Å². The molecule has 0 aliphatic rings. The molecule has 0 atom stereocenters. The zero-order valence-corrected chi connectivity index (χ0v) is 16.6. The van der Waals surface area contributed by atoms with Crippen LogP contribution in [0.25, 0.3) is 0 Å². The van der Waals surface area contributed by atoms with Gasteiger partial charge in [-0.3, -0.25) is 0 Å². The molecule has 3 rings (SSSR count). The summed E-state index contributed by atoms with van der Waals surface area (Å²) < 4.78 is 27.4. The normalized spacial score (nSPS) is 11.2. The topological polar surface area (TPSA) is 109 Å². The predicted octanol–water partition coefficient (Wildman–Crippen LogP) is 2.97. The van der Waals surface area contributed by atoms with E-state index >= 15 is 0 Å². The van der Waals surface area contributed by atoms with Gasteiger partial charge >= 0.3 is 0 Å². The van der Waals surface area contributed by atoms with Gasteiger partial charge in [-0.05, 0) is 36.8 Å². The van der Waals surface area contributed by atoms with Crippen molar-refractivity contribution in [3.8, 4) is 0 Å². The number of halogens is 1. The van der Waals surface area contributed by atoms with Gasteiger partial charge < -0.3 is 10.6 Å². The van der Waals surface area contributed by atoms with Crippen molar-refractivity contribution < 1.29 is 8.42 Å². The lowest BCUT2D eigenvalue weighted by Crippen LogP contribution is -2.29. The minimum atomic E-state index is -3.64. The maximum Gasteiger partial charge on any atom is 0.240 e. The van der Waals surface area contributed by atoms with Crippen molar-refractivity contribution in [1.29, 1.82) is 0 Å². The van der Waals surface area contributed by atoms with Crippen LogP contribution in [-0.4, -0.2) is 36.5 Å². The van der Waals surface area contributed by atoms with Gasteiger partial charge in [0, 0.05) is 30.4 Å². The Morgan fingerprint density at radius 2 is 1.79 bits per heavy atom. The molecule has 3 N–H and O–H groups in total. The van der Waals surface area contributed by atoms with Crippen LogP contribution < -0.4 is 15.4 Å². The summed E-state index contributed by atoms with van der Waals surface area (Å²) in [5.41, 5.74) is 0.519. The summed E-state index contributed by atoms with van der Waals surface area (Å²) >= 11 is 6.00. The van der Waals surface area contributed by atoms with E-state index in [0.717, 1.165) is 0 Å². The lowest BCUT2D eigenvalue weighted by Gasteiger charge is -2.11. The van der Waals surface area contributed by atoms with E-state index in [1.165, 1.54) is 12.4 Å². The third-order valence-electron chi connectivity index (χ3n) is 3.82. The monoisotopic (exact) mass is 418 g/mol. The van der Waals surface area contributed by atoms with Gasteiger partial charge in [-0.15, -0.1) is 0 Å². The minimum absolute atomic E-state index is 0.170. The molecule has 8 nitrogen and oxygen atoms in total. The number of pyridine rings is 1. The van der Waals surface area contributed by atoms with Crippen molar-refractivity contribution >= 4 is 39.1 Å². The largest absolute Gasteiger partial charge is 0.369 e. The number of hydrogen-bond acceptors (Lipinski definition) is 7. The van der Waals surface area contributed by atoms with E-state index in [4.69, 9.17) is 11.6 Å². The van der Waals surface area contributed by atoms with Crippen molar-refractivity contribution in [2.75, 3.05) is 23.7 Å². The first-order valence-corrected chi connectivity index (χ1v) is 10.3. The first-order valence-electron chi connectivity index (χ1n) is 8.44. The number of nitrogens with zero attached hydrogens (tertiary/aromatic N) is 3. The number of anilines is 3. The van der Waals surface area contributed by atoms with Crippen molar-refractivity contribution in [1.82, 2.24) is 19.7 Å². The lowest BCUT2D eigenvalue weighted by molar-refractivity contribution is 0.582. The van der Waals surface area contributed by atoms with Crippen LogP contribution in [0.5, 0.6) is 0 Å². The molecule has 0 fully saturated rings. The van der Waals surface area contributed by atoms with Crippen LogP contribution >= 0.6 is 11.6 Å². The third-order valence-corrected chi connectivity index (χ3v) is 5.83. The number of benzene rings is 1. The number of nitrogens with one attached hydrogen (secondary N) is 3. The van der Waals surface area contributed by atoms with Crippen molar-refractivity contribution in [2.24, 2.45) is 0 Å². The first kappa shape index (κ1) is 20.0. The Hall–Kier alpha value is -2.75. The predicted molar refractivity (Wildman–Crippen MR) is 109 cm³/mol. The van der Waals surface area contributed by atoms with E-state index < -0.39 is 10.0 Å². The minimum Gasteiger partial charge on any atom is -0.369 e. The molecular formula is C18H19ClN6O2S. The Balaban J connectivity index is 1.55. The summed E-state index contributed by atoms with van der Waals surface area (Å²) in [7, 11) is -3.64. The van der Waals surface area contributed by atoms with Crippen LogP contribution in [0.15, 0.2) is 59.9 Å². The fourth-order valence-electron chi connectivity index (χ4n) is 2.42. The van der Waals surface area contributed by atoms with Gasteiger partial charge in [0.15, 0.2) is 0 Å². The molecule has 0 unspecified atom stereocenters.